The second-order valence-corrected chi connectivity index (χ2v) is 5.63. The molecule has 2 aromatic carbocycles. The van der Waals surface area contributed by atoms with E-state index < -0.39 is 12.2 Å². The molecular weight excluding hydrogens is 309 g/mol. The van der Waals surface area contributed by atoms with Gasteiger partial charge in [-0.1, -0.05) is 42.5 Å². The fraction of sp³-hybridized carbons (Fsp3) is 0.235. The van der Waals surface area contributed by atoms with Gasteiger partial charge in [-0.15, -0.1) is 0 Å². The van der Waals surface area contributed by atoms with Gasteiger partial charge in [0.05, 0.1) is 11.7 Å². The molecule has 1 aliphatic rings. The third kappa shape index (κ3) is 3.70. The number of halogens is 1. The molecule has 0 aromatic heterocycles. The van der Waals surface area contributed by atoms with Crippen molar-refractivity contribution in [1.82, 2.24) is 21.7 Å². The predicted octanol–water partition coefficient (Wildman–Crippen LogP) is 1.42. The van der Waals surface area contributed by atoms with Crippen molar-refractivity contribution in [2.75, 3.05) is 5.32 Å². The van der Waals surface area contributed by atoms with Crippen molar-refractivity contribution in [1.29, 1.82) is 0 Å². The Kier molecular flexibility index (Phi) is 5.05. The van der Waals surface area contributed by atoms with E-state index in [1.165, 1.54) is 6.07 Å². The number of hydrogen-bond donors (Lipinski definition) is 5. The molecule has 3 atom stereocenters. The highest BCUT2D eigenvalue weighted by Gasteiger charge is 2.33. The lowest BCUT2D eigenvalue weighted by Gasteiger charge is -2.22. The number of benzene rings is 2. The Morgan fingerprint density at radius 3 is 2.54 bits per heavy atom. The zero-order valence-electron chi connectivity index (χ0n) is 13.2. The quantitative estimate of drug-likeness (QED) is 0.574. The summed E-state index contributed by atoms with van der Waals surface area (Å²) in [7, 11) is 0. The van der Waals surface area contributed by atoms with Crippen molar-refractivity contribution in [3.8, 4) is 0 Å². The van der Waals surface area contributed by atoms with Crippen LogP contribution in [0.5, 0.6) is 0 Å². The molecule has 0 spiro atoms. The highest BCUT2D eigenvalue weighted by Crippen LogP contribution is 2.16. The third-order valence-electron chi connectivity index (χ3n) is 3.91. The first-order chi connectivity index (χ1) is 11.6. The summed E-state index contributed by atoms with van der Waals surface area (Å²) in [6, 6.07) is 15.3. The van der Waals surface area contributed by atoms with E-state index in [1.807, 2.05) is 37.3 Å². The molecule has 0 radical (unpaired) electrons. The summed E-state index contributed by atoms with van der Waals surface area (Å²) in [5.41, 5.74) is 9.78. The third-order valence-corrected chi connectivity index (χ3v) is 3.91. The van der Waals surface area contributed by atoms with Crippen molar-refractivity contribution in [2.24, 2.45) is 0 Å². The lowest BCUT2D eigenvalue weighted by Crippen LogP contribution is -2.51. The lowest BCUT2D eigenvalue weighted by atomic mass is 10.1. The molecular formula is C17H20FN5O. The fourth-order valence-electron chi connectivity index (χ4n) is 2.57. The molecule has 2 aromatic rings. The fourth-order valence-corrected chi connectivity index (χ4v) is 2.57. The first-order valence-corrected chi connectivity index (χ1v) is 7.77. The van der Waals surface area contributed by atoms with E-state index in [4.69, 9.17) is 0 Å². The average molecular weight is 329 g/mol. The van der Waals surface area contributed by atoms with E-state index in [0.29, 0.717) is 5.69 Å². The molecule has 126 valence electrons. The van der Waals surface area contributed by atoms with Crippen LogP contribution in [0.4, 0.5) is 10.1 Å². The number of anilines is 1. The van der Waals surface area contributed by atoms with Gasteiger partial charge in [0.25, 0.3) is 0 Å². The predicted molar refractivity (Wildman–Crippen MR) is 90.0 cm³/mol. The number of hydrazine groups is 2. The van der Waals surface area contributed by atoms with E-state index in [0.717, 1.165) is 5.56 Å². The Labute approximate surface area is 139 Å². The van der Waals surface area contributed by atoms with Gasteiger partial charge >= 0.3 is 0 Å². The van der Waals surface area contributed by atoms with Gasteiger partial charge in [0.15, 0.2) is 0 Å². The molecule has 1 amide bonds. The number of carbonyl (C=O) groups excluding carboxylic acids is 1. The standard InChI is InChI=1S/C17H20FN5O/c1-11(12-7-3-2-4-8-12)19-17(24)15-16(22-23-21-15)20-14-10-6-5-9-13(14)18/h2-11,15-16,20-23H,1H3,(H,19,24). The molecule has 1 heterocycles. The van der Waals surface area contributed by atoms with E-state index >= 15 is 0 Å². The average Bonchev–Trinajstić information content (AvgIpc) is 3.06. The van der Waals surface area contributed by atoms with Crippen LogP contribution in [0.25, 0.3) is 0 Å². The van der Waals surface area contributed by atoms with E-state index in [-0.39, 0.29) is 17.8 Å². The number of carbonyl (C=O) groups is 1. The van der Waals surface area contributed by atoms with Gasteiger partial charge in [-0.3, -0.25) is 4.79 Å². The number of hydrogen-bond acceptors (Lipinski definition) is 5. The molecule has 1 saturated heterocycles. The summed E-state index contributed by atoms with van der Waals surface area (Å²) in [6.45, 7) is 1.92. The Morgan fingerprint density at radius 2 is 1.79 bits per heavy atom. The maximum absolute atomic E-state index is 13.8. The zero-order valence-corrected chi connectivity index (χ0v) is 13.2. The van der Waals surface area contributed by atoms with Gasteiger partial charge in [-0.05, 0) is 24.6 Å². The second kappa shape index (κ2) is 7.39. The van der Waals surface area contributed by atoms with Gasteiger partial charge in [-0.25, -0.2) is 15.2 Å². The first-order valence-electron chi connectivity index (χ1n) is 7.77. The molecule has 0 aliphatic carbocycles. The van der Waals surface area contributed by atoms with Crippen LogP contribution in [-0.4, -0.2) is 18.1 Å². The van der Waals surface area contributed by atoms with E-state index in [9.17, 15) is 9.18 Å². The Hall–Kier alpha value is -2.48. The second-order valence-electron chi connectivity index (χ2n) is 5.63. The number of para-hydroxylation sites is 1. The zero-order chi connectivity index (χ0) is 16.9. The minimum Gasteiger partial charge on any atom is -0.365 e. The number of amides is 1. The molecule has 6 nitrogen and oxygen atoms in total. The van der Waals surface area contributed by atoms with E-state index in [1.54, 1.807) is 18.2 Å². The van der Waals surface area contributed by atoms with Crippen molar-refractivity contribution < 1.29 is 9.18 Å². The topological polar surface area (TPSA) is 77.2 Å². The summed E-state index contributed by atoms with van der Waals surface area (Å²) in [6.07, 6.45) is -0.495. The maximum Gasteiger partial charge on any atom is 0.242 e. The van der Waals surface area contributed by atoms with Gasteiger partial charge in [0.2, 0.25) is 5.91 Å². The summed E-state index contributed by atoms with van der Waals surface area (Å²) < 4.78 is 13.8. The van der Waals surface area contributed by atoms with Crippen molar-refractivity contribution in [3.63, 3.8) is 0 Å². The lowest BCUT2D eigenvalue weighted by molar-refractivity contribution is -0.123. The Morgan fingerprint density at radius 1 is 1.08 bits per heavy atom. The summed E-state index contributed by atoms with van der Waals surface area (Å²) in [4.78, 5) is 12.5. The van der Waals surface area contributed by atoms with Crippen molar-refractivity contribution in [3.05, 3.63) is 66.0 Å². The van der Waals surface area contributed by atoms with Gasteiger partial charge < -0.3 is 10.6 Å². The molecule has 7 heteroatoms. The Bertz CT molecular complexity index is 696. The minimum atomic E-state index is -0.601. The molecule has 3 unspecified atom stereocenters. The number of nitrogens with one attached hydrogen (secondary N) is 5. The molecule has 0 bridgehead atoms. The molecule has 1 fully saturated rings. The first kappa shape index (κ1) is 16.4. The van der Waals surface area contributed by atoms with Crippen LogP contribution in [0.2, 0.25) is 0 Å². The van der Waals surface area contributed by atoms with Crippen LogP contribution in [-0.2, 0) is 4.79 Å². The molecule has 1 aliphatic heterocycles. The van der Waals surface area contributed by atoms with Crippen LogP contribution in [0.15, 0.2) is 54.6 Å². The van der Waals surface area contributed by atoms with Crippen molar-refractivity contribution >= 4 is 11.6 Å². The molecule has 3 rings (SSSR count). The highest BCUT2D eigenvalue weighted by atomic mass is 19.1. The SMILES string of the molecule is CC(NC(=O)C1NNNC1Nc1ccccc1F)c1ccccc1. The molecule has 24 heavy (non-hydrogen) atoms. The maximum atomic E-state index is 13.8. The van der Waals surface area contributed by atoms with Gasteiger partial charge in [-0.2, -0.15) is 5.53 Å². The number of rotatable bonds is 5. The van der Waals surface area contributed by atoms with Gasteiger partial charge in [0, 0.05) is 0 Å². The van der Waals surface area contributed by atoms with Crippen LogP contribution in [0, 0.1) is 5.82 Å². The molecule has 5 N–H and O–H groups in total. The normalized spacial score (nSPS) is 21.2. The van der Waals surface area contributed by atoms with Gasteiger partial charge in [0.1, 0.15) is 18.0 Å². The summed E-state index contributed by atoms with van der Waals surface area (Å²) in [5, 5.41) is 5.93. The summed E-state index contributed by atoms with van der Waals surface area (Å²) in [5.74, 6) is -0.569. The van der Waals surface area contributed by atoms with Crippen LogP contribution >= 0.6 is 0 Å². The minimum absolute atomic E-state index is 0.129. The smallest absolute Gasteiger partial charge is 0.242 e. The molecule has 0 saturated carbocycles. The van der Waals surface area contributed by atoms with Crippen LogP contribution in [0.1, 0.15) is 18.5 Å². The summed E-state index contributed by atoms with van der Waals surface area (Å²) >= 11 is 0. The van der Waals surface area contributed by atoms with E-state index in [2.05, 4.69) is 27.0 Å². The monoisotopic (exact) mass is 329 g/mol. The highest BCUT2D eigenvalue weighted by molar-refractivity contribution is 5.83. The van der Waals surface area contributed by atoms with Crippen LogP contribution < -0.4 is 27.0 Å². The van der Waals surface area contributed by atoms with Crippen LogP contribution in [0.3, 0.4) is 0 Å². The van der Waals surface area contributed by atoms with Crippen molar-refractivity contribution in [2.45, 2.75) is 25.2 Å². The largest absolute Gasteiger partial charge is 0.365 e. The Balaban J connectivity index is 1.64.